The quantitative estimate of drug-likeness (QED) is 0.632. The highest BCUT2D eigenvalue weighted by Gasteiger charge is 2.27. The number of nitrogens with zero attached hydrogens (tertiary/aromatic N) is 1. The lowest BCUT2D eigenvalue weighted by molar-refractivity contribution is 0.310. The van der Waals surface area contributed by atoms with Gasteiger partial charge in [-0.15, -0.1) is 0 Å². The van der Waals surface area contributed by atoms with Gasteiger partial charge in [0.05, 0.1) is 12.0 Å². The molecule has 0 unspecified atom stereocenters. The molecular weight excluding hydrogens is 278 g/mol. The van der Waals surface area contributed by atoms with Gasteiger partial charge in [-0.1, -0.05) is 0 Å². The van der Waals surface area contributed by atoms with E-state index in [1.54, 1.807) is 0 Å². The predicted molar refractivity (Wildman–Crippen MR) is 70.0 cm³/mol. The first-order valence-electron chi connectivity index (χ1n) is 5.90. The maximum Gasteiger partial charge on any atom is 0.211 e. The fourth-order valence-electron chi connectivity index (χ4n) is 1.89. The molecule has 0 amide bonds. The molecular formula is C9H21N3O4S2. The van der Waals surface area contributed by atoms with Crippen LogP contribution in [-0.2, 0) is 20.0 Å². The molecule has 3 N–H and O–H groups in total. The van der Waals surface area contributed by atoms with Crippen molar-refractivity contribution in [3.05, 3.63) is 0 Å². The van der Waals surface area contributed by atoms with E-state index in [0.29, 0.717) is 38.9 Å². The largest absolute Gasteiger partial charge is 0.330 e. The topological polar surface area (TPSA) is 110 Å². The molecule has 7 nitrogen and oxygen atoms in total. The molecule has 0 atom stereocenters. The Labute approximate surface area is 109 Å². The number of nitrogens with two attached hydrogens (primary N) is 1. The number of rotatable bonds is 6. The van der Waals surface area contributed by atoms with Gasteiger partial charge in [-0.2, -0.15) is 0 Å². The average Bonchev–Trinajstić information content (AvgIpc) is 2.25. The van der Waals surface area contributed by atoms with E-state index in [1.165, 1.54) is 10.6 Å². The molecule has 0 radical (unpaired) electrons. The first kappa shape index (κ1) is 15.8. The van der Waals surface area contributed by atoms with Gasteiger partial charge in [-0.25, -0.2) is 25.9 Å². The Morgan fingerprint density at radius 1 is 1.22 bits per heavy atom. The van der Waals surface area contributed by atoms with E-state index >= 15 is 0 Å². The summed E-state index contributed by atoms with van der Waals surface area (Å²) in [7, 11) is -6.46. The SMILES string of the molecule is CS(=O)(=O)N1CCC(NS(=O)(=O)CCCN)CC1. The molecule has 1 aliphatic rings. The van der Waals surface area contributed by atoms with Crippen molar-refractivity contribution in [3.63, 3.8) is 0 Å². The molecule has 0 aromatic carbocycles. The zero-order chi connectivity index (χ0) is 13.8. The third-order valence-corrected chi connectivity index (χ3v) is 5.71. The second kappa shape index (κ2) is 6.29. The maximum absolute atomic E-state index is 11.6. The van der Waals surface area contributed by atoms with Crippen LogP contribution >= 0.6 is 0 Å². The van der Waals surface area contributed by atoms with Gasteiger partial charge in [0.1, 0.15) is 0 Å². The molecule has 0 bridgehead atoms. The van der Waals surface area contributed by atoms with Crippen molar-refractivity contribution < 1.29 is 16.8 Å². The van der Waals surface area contributed by atoms with Crippen LogP contribution in [0.1, 0.15) is 19.3 Å². The minimum atomic E-state index is -3.29. The first-order valence-corrected chi connectivity index (χ1v) is 9.40. The summed E-state index contributed by atoms with van der Waals surface area (Å²) in [5.74, 6) is 0.0236. The van der Waals surface area contributed by atoms with Crippen LogP contribution in [0, 0.1) is 0 Å². The average molecular weight is 299 g/mol. The normalized spacial score (nSPS) is 20.1. The van der Waals surface area contributed by atoms with Crippen molar-refractivity contribution in [1.82, 2.24) is 9.03 Å². The van der Waals surface area contributed by atoms with Crippen molar-refractivity contribution in [1.29, 1.82) is 0 Å². The molecule has 1 fully saturated rings. The standard InChI is InChI=1S/C9H21N3O4S2/c1-17(13,14)12-6-3-9(4-7-12)11-18(15,16)8-2-5-10/h9,11H,2-8,10H2,1H3. The van der Waals surface area contributed by atoms with Gasteiger partial charge in [0.2, 0.25) is 20.0 Å². The van der Waals surface area contributed by atoms with Gasteiger partial charge in [0, 0.05) is 19.1 Å². The van der Waals surface area contributed by atoms with Crippen LogP contribution in [0.25, 0.3) is 0 Å². The van der Waals surface area contributed by atoms with E-state index in [9.17, 15) is 16.8 Å². The monoisotopic (exact) mass is 299 g/mol. The molecule has 0 aromatic heterocycles. The van der Waals surface area contributed by atoms with Gasteiger partial charge >= 0.3 is 0 Å². The molecule has 1 heterocycles. The maximum atomic E-state index is 11.6. The Kier molecular flexibility index (Phi) is 5.53. The van der Waals surface area contributed by atoms with E-state index in [2.05, 4.69) is 4.72 Å². The lowest BCUT2D eigenvalue weighted by Gasteiger charge is -2.30. The van der Waals surface area contributed by atoms with Crippen molar-refractivity contribution in [2.75, 3.05) is 31.6 Å². The Morgan fingerprint density at radius 3 is 2.22 bits per heavy atom. The lowest BCUT2D eigenvalue weighted by Crippen LogP contribution is -2.46. The molecule has 18 heavy (non-hydrogen) atoms. The molecule has 1 rings (SSSR count). The molecule has 108 valence electrons. The molecule has 9 heteroatoms. The number of piperidine rings is 1. The minimum Gasteiger partial charge on any atom is -0.330 e. The van der Waals surface area contributed by atoms with Crippen LogP contribution in [0.3, 0.4) is 0 Å². The second-order valence-electron chi connectivity index (χ2n) is 4.52. The predicted octanol–water partition coefficient (Wildman–Crippen LogP) is -1.32. The summed E-state index contributed by atoms with van der Waals surface area (Å²) in [4.78, 5) is 0. The number of sulfonamides is 2. The Bertz CT molecular complexity index is 452. The van der Waals surface area contributed by atoms with E-state index in [-0.39, 0.29) is 11.8 Å². The first-order chi connectivity index (χ1) is 8.24. The number of nitrogens with one attached hydrogen (secondary N) is 1. The minimum absolute atomic E-state index is 0.0236. The van der Waals surface area contributed by atoms with Gasteiger partial charge < -0.3 is 5.73 Å². The van der Waals surface area contributed by atoms with Crippen molar-refractivity contribution >= 4 is 20.0 Å². The highest BCUT2D eigenvalue weighted by atomic mass is 32.2. The second-order valence-corrected chi connectivity index (χ2v) is 8.37. The summed E-state index contributed by atoms with van der Waals surface area (Å²) in [6.07, 6.45) is 2.61. The summed E-state index contributed by atoms with van der Waals surface area (Å²) >= 11 is 0. The molecule has 0 spiro atoms. The smallest absolute Gasteiger partial charge is 0.211 e. The highest BCUT2D eigenvalue weighted by molar-refractivity contribution is 7.89. The summed E-state index contributed by atoms with van der Waals surface area (Å²) in [5.41, 5.74) is 5.27. The van der Waals surface area contributed by atoms with E-state index in [0.717, 1.165) is 0 Å². The Balaban J connectivity index is 2.45. The summed E-state index contributed by atoms with van der Waals surface area (Å²) in [6.45, 7) is 1.07. The highest BCUT2D eigenvalue weighted by Crippen LogP contribution is 2.14. The van der Waals surface area contributed by atoms with Crippen LogP contribution in [0.4, 0.5) is 0 Å². The zero-order valence-electron chi connectivity index (χ0n) is 10.5. The molecule has 1 saturated heterocycles. The Morgan fingerprint density at radius 2 is 1.78 bits per heavy atom. The summed E-state index contributed by atoms with van der Waals surface area (Å²) in [6, 6.07) is -0.175. The van der Waals surface area contributed by atoms with Crippen molar-refractivity contribution in [2.24, 2.45) is 5.73 Å². The summed E-state index contributed by atoms with van der Waals surface area (Å²) in [5, 5.41) is 0. The zero-order valence-corrected chi connectivity index (χ0v) is 12.1. The third kappa shape index (κ3) is 5.19. The van der Waals surface area contributed by atoms with Gasteiger partial charge in [-0.05, 0) is 25.8 Å². The van der Waals surface area contributed by atoms with E-state index in [1.807, 2.05) is 0 Å². The fraction of sp³-hybridized carbons (Fsp3) is 1.00. The fourth-order valence-corrected chi connectivity index (χ4v) is 4.17. The van der Waals surface area contributed by atoms with Gasteiger partial charge in [-0.3, -0.25) is 0 Å². The van der Waals surface area contributed by atoms with Crippen molar-refractivity contribution in [2.45, 2.75) is 25.3 Å². The molecule has 0 aliphatic carbocycles. The lowest BCUT2D eigenvalue weighted by atomic mass is 10.1. The Hall–Kier alpha value is -0.220. The van der Waals surface area contributed by atoms with Gasteiger partial charge in [0.15, 0.2) is 0 Å². The van der Waals surface area contributed by atoms with E-state index in [4.69, 9.17) is 5.73 Å². The van der Waals surface area contributed by atoms with Crippen LogP contribution in [0.2, 0.25) is 0 Å². The molecule has 0 aromatic rings. The summed E-state index contributed by atoms with van der Waals surface area (Å²) < 4.78 is 49.8. The third-order valence-electron chi connectivity index (χ3n) is 2.89. The van der Waals surface area contributed by atoms with E-state index < -0.39 is 20.0 Å². The molecule has 0 saturated carbocycles. The van der Waals surface area contributed by atoms with Crippen LogP contribution in [-0.4, -0.2) is 58.8 Å². The number of hydrogen-bond donors (Lipinski definition) is 2. The van der Waals surface area contributed by atoms with Crippen LogP contribution < -0.4 is 10.5 Å². The van der Waals surface area contributed by atoms with Gasteiger partial charge in [0.25, 0.3) is 0 Å². The van der Waals surface area contributed by atoms with Crippen LogP contribution in [0.15, 0.2) is 0 Å². The van der Waals surface area contributed by atoms with Crippen molar-refractivity contribution in [3.8, 4) is 0 Å². The molecule has 1 aliphatic heterocycles. The van der Waals surface area contributed by atoms with Crippen LogP contribution in [0.5, 0.6) is 0 Å². The number of hydrogen-bond acceptors (Lipinski definition) is 5.